The van der Waals surface area contributed by atoms with Crippen LogP contribution in [-0.4, -0.2) is 21.8 Å². The van der Waals surface area contributed by atoms with E-state index < -0.39 is 0 Å². The van der Waals surface area contributed by atoms with Crippen molar-refractivity contribution in [3.8, 4) is 5.75 Å². The van der Waals surface area contributed by atoms with Crippen LogP contribution >= 0.6 is 0 Å². The van der Waals surface area contributed by atoms with E-state index in [-0.39, 0.29) is 18.1 Å². The summed E-state index contributed by atoms with van der Waals surface area (Å²) in [7, 11) is 0. The number of hydrogen-bond donors (Lipinski definition) is 2. The lowest BCUT2D eigenvalue weighted by Gasteiger charge is -2.09. The maximum atomic E-state index is 12.8. The molecular formula is C29H25N3O2. The van der Waals surface area contributed by atoms with E-state index in [9.17, 15) is 9.90 Å². The first-order chi connectivity index (χ1) is 16.6. The predicted octanol–water partition coefficient (Wildman–Crippen LogP) is 5.55. The molecule has 34 heavy (non-hydrogen) atoms. The summed E-state index contributed by atoms with van der Waals surface area (Å²) >= 11 is 0. The molecule has 168 valence electrons. The number of hydrazone groups is 1. The lowest BCUT2D eigenvalue weighted by atomic mass is 10.0. The van der Waals surface area contributed by atoms with Crippen LogP contribution in [0.25, 0.3) is 21.7 Å². The minimum atomic E-state index is -0.207. The largest absolute Gasteiger partial charge is 0.507 e. The number of rotatable bonds is 6. The van der Waals surface area contributed by atoms with Crippen LogP contribution in [0.15, 0.2) is 96.1 Å². The summed E-state index contributed by atoms with van der Waals surface area (Å²) in [6, 6.07) is 29.7. The molecule has 1 aromatic heterocycles. The van der Waals surface area contributed by atoms with Crippen LogP contribution < -0.4 is 5.43 Å². The van der Waals surface area contributed by atoms with E-state index in [1.54, 1.807) is 6.07 Å². The molecular weight excluding hydrogens is 422 g/mol. The van der Waals surface area contributed by atoms with Crippen LogP contribution in [0.3, 0.4) is 0 Å². The molecule has 0 spiro atoms. The first-order valence-corrected chi connectivity index (χ1v) is 11.2. The van der Waals surface area contributed by atoms with Crippen molar-refractivity contribution >= 4 is 33.8 Å². The number of fused-ring (bicyclic) bond motifs is 2. The highest BCUT2D eigenvalue weighted by Crippen LogP contribution is 2.28. The summed E-state index contributed by atoms with van der Waals surface area (Å²) < 4.78 is 2.25. The molecule has 0 aliphatic rings. The Hall–Kier alpha value is -4.38. The molecule has 5 heteroatoms. The highest BCUT2D eigenvalue weighted by molar-refractivity contribution is 6.02. The van der Waals surface area contributed by atoms with Crippen molar-refractivity contribution in [2.24, 2.45) is 5.10 Å². The normalized spacial score (nSPS) is 11.4. The van der Waals surface area contributed by atoms with Gasteiger partial charge in [-0.1, -0.05) is 78.9 Å². The molecule has 5 aromatic rings. The number of aromatic hydroxyl groups is 1. The minimum Gasteiger partial charge on any atom is -0.507 e. The fraction of sp³-hybridized carbons (Fsp3) is 0.103. The van der Waals surface area contributed by atoms with Gasteiger partial charge in [-0.2, -0.15) is 5.10 Å². The first-order valence-electron chi connectivity index (χ1n) is 11.2. The fourth-order valence-electron chi connectivity index (χ4n) is 4.48. The Morgan fingerprint density at radius 2 is 1.62 bits per heavy atom. The lowest BCUT2D eigenvalue weighted by Crippen LogP contribution is -2.20. The number of para-hydroxylation sites is 1. The van der Waals surface area contributed by atoms with Crippen LogP contribution in [0.2, 0.25) is 0 Å². The SMILES string of the molecule is Cc1c(CC(=O)NN=Cc2c(O)ccc3ccccc23)c2ccccc2n1Cc1ccccc1. The van der Waals surface area contributed by atoms with Gasteiger partial charge in [0.15, 0.2) is 0 Å². The standard InChI is InChI=1S/C29H25N3O2/c1-20-25(24-13-7-8-14-27(24)32(20)19-21-9-3-2-4-10-21)17-29(34)31-30-18-26-23-12-6-5-11-22(23)15-16-28(26)33/h2-16,18,33H,17,19H2,1H3,(H,31,34). The van der Waals surface area contributed by atoms with Crippen molar-refractivity contribution in [3.63, 3.8) is 0 Å². The van der Waals surface area contributed by atoms with Crippen molar-refractivity contribution in [1.82, 2.24) is 9.99 Å². The Balaban J connectivity index is 1.38. The number of phenols is 1. The van der Waals surface area contributed by atoms with Gasteiger partial charge in [0.1, 0.15) is 5.75 Å². The summed E-state index contributed by atoms with van der Waals surface area (Å²) in [5.74, 6) is -0.0850. The predicted molar refractivity (Wildman–Crippen MR) is 137 cm³/mol. The average molecular weight is 448 g/mol. The van der Waals surface area contributed by atoms with Crippen LogP contribution in [0.4, 0.5) is 0 Å². The zero-order chi connectivity index (χ0) is 23.5. The molecule has 0 fully saturated rings. The fourth-order valence-corrected chi connectivity index (χ4v) is 4.48. The van der Waals surface area contributed by atoms with Gasteiger partial charge in [-0.3, -0.25) is 4.79 Å². The van der Waals surface area contributed by atoms with Gasteiger partial charge < -0.3 is 9.67 Å². The number of benzene rings is 4. The summed E-state index contributed by atoms with van der Waals surface area (Å²) in [5, 5.41) is 17.4. The van der Waals surface area contributed by atoms with Crippen LogP contribution in [0.1, 0.15) is 22.4 Å². The number of nitrogens with zero attached hydrogens (tertiary/aromatic N) is 2. The number of phenolic OH excluding ortho intramolecular Hbond substituents is 1. The molecule has 5 rings (SSSR count). The van der Waals surface area contributed by atoms with Crippen molar-refractivity contribution in [1.29, 1.82) is 0 Å². The van der Waals surface area contributed by atoms with E-state index in [0.717, 1.165) is 39.5 Å². The van der Waals surface area contributed by atoms with E-state index in [4.69, 9.17) is 0 Å². The summed E-state index contributed by atoms with van der Waals surface area (Å²) in [6.07, 6.45) is 1.72. The molecule has 0 aliphatic heterocycles. The lowest BCUT2D eigenvalue weighted by molar-refractivity contribution is -0.120. The molecule has 0 radical (unpaired) electrons. The third-order valence-corrected chi connectivity index (χ3v) is 6.21. The van der Waals surface area contributed by atoms with Crippen molar-refractivity contribution in [3.05, 3.63) is 113 Å². The first kappa shape index (κ1) is 21.5. The average Bonchev–Trinajstić information content (AvgIpc) is 3.12. The maximum absolute atomic E-state index is 12.8. The monoisotopic (exact) mass is 447 g/mol. The summed E-state index contributed by atoms with van der Waals surface area (Å²) in [4.78, 5) is 12.8. The van der Waals surface area contributed by atoms with Crippen molar-refractivity contribution in [2.75, 3.05) is 0 Å². The smallest absolute Gasteiger partial charge is 0.244 e. The van der Waals surface area contributed by atoms with Crippen molar-refractivity contribution in [2.45, 2.75) is 19.9 Å². The molecule has 0 unspecified atom stereocenters. The zero-order valence-corrected chi connectivity index (χ0v) is 18.9. The molecule has 0 bridgehead atoms. The topological polar surface area (TPSA) is 66.6 Å². The van der Waals surface area contributed by atoms with Gasteiger partial charge in [-0.05, 0) is 41.0 Å². The Labute approximate surface area is 198 Å². The third-order valence-electron chi connectivity index (χ3n) is 6.21. The van der Waals surface area contributed by atoms with E-state index in [1.807, 2.05) is 60.7 Å². The second kappa shape index (κ2) is 9.24. The number of amides is 1. The van der Waals surface area contributed by atoms with Gasteiger partial charge in [-0.25, -0.2) is 5.43 Å². The number of aromatic nitrogens is 1. The minimum absolute atomic E-state index is 0.122. The molecule has 1 amide bonds. The van der Waals surface area contributed by atoms with Gasteiger partial charge in [-0.15, -0.1) is 0 Å². The Morgan fingerprint density at radius 3 is 2.44 bits per heavy atom. The van der Waals surface area contributed by atoms with E-state index >= 15 is 0 Å². The molecule has 5 nitrogen and oxygen atoms in total. The molecule has 0 aliphatic carbocycles. The molecule has 0 saturated carbocycles. The van der Waals surface area contributed by atoms with Crippen LogP contribution in [-0.2, 0) is 17.8 Å². The molecule has 0 saturated heterocycles. The van der Waals surface area contributed by atoms with Gasteiger partial charge in [0, 0.05) is 28.7 Å². The Morgan fingerprint density at radius 1 is 0.912 bits per heavy atom. The van der Waals surface area contributed by atoms with E-state index in [1.165, 1.54) is 11.8 Å². The Kier molecular flexibility index (Phi) is 5.83. The Bertz CT molecular complexity index is 1520. The van der Waals surface area contributed by atoms with Gasteiger partial charge in [0.05, 0.1) is 12.6 Å². The molecule has 0 atom stereocenters. The number of carbonyl (C=O) groups is 1. The highest BCUT2D eigenvalue weighted by Gasteiger charge is 2.16. The van der Waals surface area contributed by atoms with Gasteiger partial charge in [0.2, 0.25) is 5.91 Å². The van der Waals surface area contributed by atoms with E-state index in [2.05, 4.69) is 46.3 Å². The van der Waals surface area contributed by atoms with Crippen LogP contribution in [0, 0.1) is 6.92 Å². The number of hydrogen-bond acceptors (Lipinski definition) is 3. The van der Waals surface area contributed by atoms with Gasteiger partial charge in [0.25, 0.3) is 0 Å². The summed E-state index contributed by atoms with van der Waals surface area (Å²) in [6.45, 7) is 2.80. The van der Waals surface area contributed by atoms with Crippen LogP contribution in [0.5, 0.6) is 5.75 Å². The van der Waals surface area contributed by atoms with Crippen molar-refractivity contribution < 1.29 is 9.90 Å². The second-order valence-electron chi connectivity index (χ2n) is 8.34. The maximum Gasteiger partial charge on any atom is 0.244 e. The number of carbonyl (C=O) groups excluding carboxylic acids is 1. The second-order valence-corrected chi connectivity index (χ2v) is 8.34. The summed E-state index contributed by atoms with van der Waals surface area (Å²) in [5.41, 5.74) is 7.59. The third kappa shape index (κ3) is 4.16. The molecule has 2 N–H and O–H groups in total. The molecule has 1 heterocycles. The number of nitrogens with one attached hydrogen (secondary N) is 1. The van der Waals surface area contributed by atoms with E-state index in [0.29, 0.717) is 5.56 Å². The highest BCUT2D eigenvalue weighted by atomic mass is 16.3. The molecule has 4 aromatic carbocycles. The quantitative estimate of drug-likeness (QED) is 0.265. The zero-order valence-electron chi connectivity index (χ0n) is 18.9. The van der Waals surface area contributed by atoms with Gasteiger partial charge >= 0.3 is 0 Å².